The first-order chi connectivity index (χ1) is 13.0. The molecule has 3 heterocycles. The second-order valence-electron chi connectivity index (χ2n) is 7.22. The van der Waals surface area contributed by atoms with Crippen molar-refractivity contribution in [2.75, 3.05) is 11.5 Å². The molecule has 6 nitrogen and oxygen atoms in total. The molecular weight excluding hydrogens is 447 g/mol. The van der Waals surface area contributed by atoms with E-state index in [4.69, 9.17) is 9.47 Å². The van der Waals surface area contributed by atoms with Gasteiger partial charge in [-0.25, -0.2) is 4.90 Å². The largest absolute Gasteiger partial charge is 0.463 e. The number of ether oxygens (including phenoxy) is 2. The average molecular weight is 462 g/mol. The Balaban J connectivity index is 1.70. The Kier molecular flexibility index (Phi) is 4.35. The number of hydrogen-bond donors (Lipinski definition) is 0. The van der Waals surface area contributed by atoms with Crippen LogP contribution < -0.4 is 4.90 Å². The molecule has 150 valence electrons. The number of anilines is 1. The van der Waals surface area contributed by atoms with Crippen molar-refractivity contribution in [1.82, 2.24) is 0 Å². The smallest absolute Gasteiger partial charge is 0.417 e. The molecule has 3 saturated heterocycles. The van der Waals surface area contributed by atoms with Crippen LogP contribution in [-0.2, 0) is 30.0 Å². The van der Waals surface area contributed by atoms with Gasteiger partial charge in [-0.2, -0.15) is 13.2 Å². The van der Waals surface area contributed by atoms with Gasteiger partial charge in [0.1, 0.15) is 12.2 Å². The Labute approximate surface area is 166 Å². The summed E-state index contributed by atoms with van der Waals surface area (Å²) in [5.41, 5.74) is -2.22. The summed E-state index contributed by atoms with van der Waals surface area (Å²) in [4.78, 5) is 38.0. The molecule has 2 unspecified atom stereocenters. The molecule has 0 radical (unpaired) electrons. The van der Waals surface area contributed by atoms with E-state index in [9.17, 15) is 27.6 Å². The van der Waals surface area contributed by atoms with Crippen LogP contribution >= 0.6 is 15.9 Å². The third kappa shape index (κ3) is 2.76. The van der Waals surface area contributed by atoms with Crippen LogP contribution in [0.1, 0.15) is 25.3 Å². The van der Waals surface area contributed by atoms with E-state index >= 15 is 0 Å². The maximum Gasteiger partial charge on any atom is 0.417 e. The number of benzene rings is 1. The summed E-state index contributed by atoms with van der Waals surface area (Å²) in [7, 11) is 0. The van der Waals surface area contributed by atoms with Gasteiger partial charge < -0.3 is 9.47 Å². The monoisotopic (exact) mass is 461 g/mol. The van der Waals surface area contributed by atoms with Crippen LogP contribution in [0.15, 0.2) is 22.7 Å². The van der Waals surface area contributed by atoms with Gasteiger partial charge in [-0.1, -0.05) is 15.9 Å². The summed E-state index contributed by atoms with van der Waals surface area (Å²) in [6.07, 6.45) is -4.20. The molecule has 3 aliphatic rings. The van der Waals surface area contributed by atoms with E-state index in [1.54, 1.807) is 0 Å². The van der Waals surface area contributed by atoms with Crippen LogP contribution in [0.25, 0.3) is 0 Å². The minimum absolute atomic E-state index is 0.137. The Hall–Kier alpha value is -1.94. The summed E-state index contributed by atoms with van der Waals surface area (Å²) in [5, 5.41) is 0. The first-order valence-corrected chi connectivity index (χ1v) is 9.40. The zero-order valence-electron chi connectivity index (χ0n) is 14.6. The number of hydrogen-bond acceptors (Lipinski definition) is 5. The minimum Gasteiger partial charge on any atom is -0.463 e. The molecule has 1 aromatic carbocycles. The van der Waals surface area contributed by atoms with E-state index in [2.05, 4.69) is 15.9 Å². The summed E-state index contributed by atoms with van der Waals surface area (Å²) < 4.78 is 50.4. The standard InChI is InChI=1S/C18H15BrF3NO5/c1-8(24)27-7-17-5-4-12(28-17)13-14(17)16(26)23(15(13)25)9-2-3-11(19)10(6-9)18(20,21)22/h2-3,6,12-14H,4-5,7H2,1H3/t12?,13-,14+,17?/m0/s1. The lowest BCUT2D eigenvalue weighted by Gasteiger charge is -2.30. The molecule has 2 amide bonds. The van der Waals surface area contributed by atoms with Crippen molar-refractivity contribution in [1.29, 1.82) is 0 Å². The van der Waals surface area contributed by atoms with E-state index in [1.807, 2.05) is 0 Å². The second kappa shape index (κ2) is 6.28. The number of halogens is 4. The lowest BCUT2D eigenvalue weighted by Crippen LogP contribution is -2.45. The quantitative estimate of drug-likeness (QED) is 0.510. The molecule has 28 heavy (non-hydrogen) atoms. The molecule has 0 N–H and O–H groups in total. The van der Waals surface area contributed by atoms with Crippen LogP contribution in [0, 0.1) is 11.8 Å². The average Bonchev–Trinajstić information content (AvgIpc) is 3.24. The van der Waals surface area contributed by atoms with Gasteiger partial charge in [0, 0.05) is 11.4 Å². The summed E-state index contributed by atoms with van der Waals surface area (Å²) in [6.45, 7) is 1.06. The Morgan fingerprint density at radius 2 is 2.07 bits per heavy atom. The van der Waals surface area contributed by atoms with Crippen LogP contribution in [-0.4, -0.2) is 36.1 Å². The van der Waals surface area contributed by atoms with Crippen LogP contribution in [0.4, 0.5) is 18.9 Å². The Morgan fingerprint density at radius 3 is 2.71 bits per heavy atom. The Bertz CT molecular complexity index is 888. The van der Waals surface area contributed by atoms with E-state index < -0.39 is 53.1 Å². The highest BCUT2D eigenvalue weighted by atomic mass is 79.9. The molecule has 2 bridgehead atoms. The van der Waals surface area contributed by atoms with Crippen molar-refractivity contribution < 1.29 is 37.0 Å². The molecule has 1 aromatic rings. The zero-order valence-corrected chi connectivity index (χ0v) is 16.2. The highest BCUT2D eigenvalue weighted by Crippen LogP contribution is 2.56. The SMILES string of the molecule is CC(=O)OCC12CCC(O1)[C@@H]1C(=O)N(c3ccc(Br)c(C(F)(F)F)c3)C(=O)[C@@H]12. The molecule has 3 fully saturated rings. The highest BCUT2D eigenvalue weighted by Gasteiger charge is 2.70. The number of carbonyl (C=O) groups excluding carboxylic acids is 3. The number of imide groups is 1. The number of amides is 2. The molecular formula is C18H15BrF3NO5. The van der Waals surface area contributed by atoms with Crippen LogP contribution in [0.5, 0.6) is 0 Å². The van der Waals surface area contributed by atoms with Gasteiger partial charge in [-0.3, -0.25) is 14.4 Å². The number of rotatable bonds is 3. The van der Waals surface area contributed by atoms with Gasteiger partial charge >= 0.3 is 12.1 Å². The van der Waals surface area contributed by atoms with E-state index in [-0.39, 0.29) is 16.8 Å². The summed E-state index contributed by atoms with van der Waals surface area (Å²) in [6, 6.07) is 3.23. The third-order valence-electron chi connectivity index (χ3n) is 5.59. The van der Waals surface area contributed by atoms with E-state index in [0.717, 1.165) is 17.0 Å². The van der Waals surface area contributed by atoms with Gasteiger partial charge in [0.25, 0.3) is 0 Å². The van der Waals surface area contributed by atoms with Crippen LogP contribution in [0.2, 0.25) is 0 Å². The van der Waals surface area contributed by atoms with Crippen LogP contribution in [0.3, 0.4) is 0 Å². The molecule has 3 aliphatic heterocycles. The number of carbonyl (C=O) groups is 3. The number of nitrogens with zero attached hydrogens (tertiary/aromatic N) is 1. The summed E-state index contributed by atoms with van der Waals surface area (Å²) in [5.74, 6) is -3.41. The van der Waals surface area contributed by atoms with Crippen molar-refractivity contribution in [2.24, 2.45) is 11.8 Å². The highest BCUT2D eigenvalue weighted by molar-refractivity contribution is 9.10. The predicted molar refractivity (Wildman–Crippen MR) is 92.1 cm³/mol. The first-order valence-electron chi connectivity index (χ1n) is 8.61. The van der Waals surface area contributed by atoms with Gasteiger partial charge in [-0.05, 0) is 31.0 Å². The maximum absolute atomic E-state index is 13.2. The van der Waals surface area contributed by atoms with Gasteiger partial charge in [0.05, 0.1) is 29.2 Å². The summed E-state index contributed by atoms with van der Waals surface area (Å²) >= 11 is 2.85. The van der Waals surface area contributed by atoms with E-state index in [0.29, 0.717) is 12.8 Å². The normalized spacial score (nSPS) is 31.5. The zero-order chi connectivity index (χ0) is 20.4. The van der Waals surface area contributed by atoms with Gasteiger partial charge in [0.2, 0.25) is 11.8 Å². The fraction of sp³-hybridized carbons (Fsp3) is 0.500. The fourth-order valence-corrected chi connectivity index (χ4v) is 4.92. The molecule has 4 atom stereocenters. The van der Waals surface area contributed by atoms with Gasteiger partial charge in [-0.15, -0.1) is 0 Å². The lowest BCUT2D eigenvalue weighted by molar-refractivity contribution is -0.153. The van der Waals surface area contributed by atoms with Crippen molar-refractivity contribution in [2.45, 2.75) is 37.6 Å². The minimum atomic E-state index is -4.64. The number of alkyl halides is 3. The van der Waals surface area contributed by atoms with Crippen molar-refractivity contribution >= 4 is 39.4 Å². The third-order valence-corrected chi connectivity index (χ3v) is 6.28. The predicted octanol–water partition coefficient (Wildman–Crippen LogP) is 3.07. The van der Waals surface area contributed by atoms with Gasteiger partial charge in [0.15, 0.2) is 0 Å². The first kappa shape index (κ1) is 19.4. The molecule has 4 rings (SSSR count). The molecule has 0 spiro atoms. The van der Waals surface area contributed by atoms with Crippen molar-refractivity contribution in [3.05, 3.63) is 28.2 Å². The molecule has 0 aliphatic carbocycles. The second-order valence-corrected chi connectivity index (χ2v) is 8.07. The Morgan fingerprint density at radius 1 is 1.36 bits per heavy atom. The molecule has 10 heteroatoms. The van der Waals surface area contributed by atoms with E-state index in [1.165, 1.54) is 13.0 Å². The van der Waals surface area contributed by atoms with Crippen molar-refractivity contribution in [3.63, 3.8) is 0 Å². The number of esters is 1. The van der Waals surface area contributed by atoms with Crippen molar-refractivity contribution in [3.8, 4) is 0 Å². The fourth-order valence-electron chi connectivity index (χ4n) is 4.45. The topological polar surface area (TPSA) is 72.9 Å². The number of fused-ring (bicyclic) bond motifs is 5. The maximum atomic E-state index is 13.2. The molecule has 0 aromatic heterocycles. The lowest BCUT2D eigenvalue weighted by atomic mass is 9.73. The molecule has 0 saturated carbocycles.